The number of nitrogens with zero attached hydrogens (tertiary/aromatic N) is 2. The van der Waals surface area contributed by atoms with Crippen LogP contribution in [0.3, 0.4) is 0 Å². The SMILES string of the molecule is CC(C)(C)c1nc(C2CCOC2)nc(N)c1Br. The minimum atomic E-state index is -0.0515. The summed E-state index contributed by atoms with van der Waals surface area (Å²) >= 11 is 3.48. The van der Waals surface area contributed by atoms with Gasteiger partial charge in [0.15, 0.2) is 0 Å². The lowest BCUT2D eigenvalue weighted by Crippen LogP contribution is -2.19. The van der Waals surface area contributed by atoms with Crippen LogP contribution in [0.15, 0.2) is 4.47 Å². The number of anilines is 1. The lowest BCUT2D eigenvalue weighted by atomic mass is 9.91. The van der Waals surface area contributed by atoms with Crippen molar-refractivity contribution in [1.82, 2.24) is 9.97 Å². The predicted octanol–water partition coefficient (Wildman–Crippen LogP) is 2.62. The van der Waals surface area contributed by atoms with Gasteiger partial charge < -0.3 is 10.5 Å². The molecule has 1 aliphatic rings. The third kappa shape index (κ3) is 2.60. The van der Waals surface area contributed by atoms with E-state index in [9.17, 15) is 0 Å². The number of aromatic nitrogens is 2. The molecule has 0 aliphatic carbocycles. The standard InChI is InChI=1S/C12H18BrN3O/c1-12(2,3)9-8(13)10(14)16-11(15-9)7-4-5-17-6-7/h7H,4-6H2,1-3H3,(H2,14,15,16). The van der Waals surface area contributed by atoms with Gasteiger partial charge in [0.25, 0.3) is 0 Å². The molecule has 1 fully saturated rings. The Morgan fingerprint density at radius 1 is 1.35 bits per heavy atom. The molecular weight excluding hydrogens is 282 g/mol. The van der Waals surface area contributed by atoms with Crippen LogP contribution in [0.2, 0.25) is 0 Å². The minimum absolute atomic E-state index is 0.0515. The molecule has 1 aromatic heterocycles. The van der Waals surface area contributed by atoms with E-state index in [1.165, 1.54) is 0 Å². The van der Waals surface area contributed by atoms with Crippen LogP contribution in [-0.4, -0.2) is 23.2 Å². The summed E-state index contributed by atoms with van der Waals surface area (Å²) in [6, 6.07) is 0. The number of halogens is 1. The van der Waals surface area contributed by atoms with Crippen molar-refractivity contribution in [3.63, 3.8) is 0 Å². The summed E-state index contributed by atoms with van der Waals surface area (Å²) in [4.78, 5) is 9.04. The Labute approximate surface area is 110 Å². The summed E-state index contributed by atoms with van der Waals surface area (Å²) in [5.74, 6) is 1.62. The molecule has 1 unspecified atom stereocenters. The third-order valence-corrected chi connectivity index (χ3v) is 3.68. The Kier molecular flexibility index (Phi) is 3.41. The number of nitrogen functional groups attached to an aromatic ring is 1. The first-order chi connectivity index (χ1) is 7.89. The normalized spacial score (nSPS) is 20.8. The monoisotopic (exact) mass is 299 g/mol. The maximum atomic E-state index is 5.95. The van der Waals surface area contributed by atoms with E-state index in [4.69, 9.17) is 10.5 Å². The zero-order valence-electron chi connectivity index (χ0n) is 10.5. The lowest BCUT2D eigenvalue weighted by molar-refractivity contribution is 0.193. The maximum Gasteiger partial charge on any atom is 0.141 e. The van der Waals surface area contributed by atoms with Crippen LogP contribution in [0.25, 0.3) is 0 Å². The van der Waals surface area contributed by atoms with Gasteiger partial charge in [0.2, 0.25) is 0 Å². The molecular formula is C12H18BrN3O. The van der Waals surface area contributed by atoms with Gasteiger partial charge in [-0.3, -0.25) is 0 Å². The summed E-state index contributed by atoms with van der Waals surface area (Å²) in [5, 5.41) is 0. The van der Waals surface area contributed by atoms with Crippen LogP contribution < -0.4 is 5.73 Å². The van der Waals surface area contributed by atoms with Gasteiger partial charge in [-0.25, -0.2) is 9.97 Å². The predicted molar refractivity (Wildman–Crippen MR) is 71.0 cm³/mol. The van der Waals surface area contributed by atoms with E-state index in [2.05, 4.69) is 46.7 Å². The fourth-order valence-electron chi connectivity index (χ4n) is 1.90. The maximum absolute atomic E-state index is 5.95. The number of hydrogen-bond acceptors (Lipinski definition) is 4. The molecule has 1 aliphatic heterocycles. The summed E-state index contributed by atoms with van der Waals surface area (Å²) in [5.41, 5.74) is 6.86. The molecule has 2 N–H and O–H groups in total. The highest BCUT2D eigenvalue weighted by molar-refractivity contribution is 9.10. The van der Waals surface area contributed by atoms with Gasteiger partial charge in [0.05, 0.1) is 16.8 Å². The highest BCUT2D eigenvalue weighted by Gasteiger charge is 2.26. The summed E-state index contributed by atoms with van der Waals surface area (Å²) in [7, 11) is 0. The molecule has 0 radical (unpaired) electrons. The van der Waals surface area contributed by atoms with Gasteiger partial charge >= 0.3 is 0 Å². The highest BCUT2D eigenvalue weighted by atomic mass is 79.9. The molecule has 1 saturated heterocycles. The van der Waals surface area contributed by atoms with Crippen molar-refractivity contribution in [2.75, 3.05) is 18.9 Å². The number of hydrogen-bond donors (Lipinski definition) is 1. The highest BCUT2D eigenvalue weighted by Crippen LogP contribution is 2.33. The average Bonchev–Trinajstić information content (AvgIpc) is 2.73. The number of ether oxygens (including phenoxy) is 1. The van der Waals surface area contributed by atoms with Crippen molar-refractivity contribution in [2.45, 2.75) is 38.5 Å². The molecule has 5 heteroatoms. The van der Waals surface area contributed by atoms with E-state index in [1.807, 2.05) is 0 Å². The lowest BCUT2D eigenvalue weighted by Gasteiger charge is -2.21. The molecule has 0 saturated carbocycles. The van der Waals surface area contributed by atoms with E-state index < -0.39 is 0 Å². The van der Waals surface area contributed by atoms with E-state index in [1.54, 1.807) is 0 Å². The molecule has 0 spiro atoms. The summed E-state index contributed by atoms with van der Waals surface area (Å²) in [6.07, 6.45) is 0.977. The quantitative estimate of drug-likeness (QED) is 0.866. The third-order valence-electron chi connectivity index (χ3n) is 2.90. The van der Waals surface area contributed by atoms with E-state index in [-0.39, 0.29) is 11.3 Å². The van der Waals surface area contributed by atoms with Gasteiger partial charge in [0.1, 0.15) is 11.6 Å². The second-order valence-corrected chi connectivity index (χ2v) is 6.23. The smallest absolute Gasteiger partial charge is 0.141 e. The molecule has 2 rings (SSSR count). The topological polar surface area (TPSA) is 61.0 Å². The van der Waals surface area contributed by atoms with E-state index >= 15 is 0 Å². The fraction of sp³-hybridized carbons (Fsp3) is 0.667. The van der Waals surface area contributed by atoms with Crippen LogP contribution in [0.5, 0.6) is 0 Å². The molecule has 0 amide bonds. The molecule has 1 atom stereocenters. The fourth-order valence-corrected chi connectivity index (χ4v) is 2.67. The zero-order valence-corrected chi connectivity index (χ0v) is 12.0. The van der Waals surface area contributed by atoms with Crippen LogP contribution in [-0.2, 0) is 10.2 Å². The van der Waals surface area contributed by atoms with Crippen molar-refractivity contribution < 1.29 is 4.74 Å². The molecule has 1 aromatic rings. The van der Waals surface area contributed by atoms with Crippen LogP contribution >= 0.6 is 15.9 Å². The first-order valence-electron chi connectivity index (χ1n) is 5.80. The van der Waals surface area contributed by atoms with Gasteiger partial charge in [0, 0.05) is 17.9 Å². The molecule has 17 heavy (non-hydrogen) atoms. The second-order valence-electron chi connectivity index (χ2n) is 5.44. The molecule has 94 valence electrons. The van der Waals surface area contributed by atoms with Crippen LogP contribution in [0.1, 0.15) is 44.6 Å². The number of nitrogens with two attached hydrogens (primary N) is 1. The second kappa shape index (κ2) is 4.53. The first kappa shape index (κ1) is 12.8. The van der Waals surface area contributed by atoms with Gasteiger partial charge in [-0.15, -0.1) is 0 Å². The number of rotatable bonds is 1. The largest absolute Gasteiger partial charge is 0.383 e. The Morgan fingerprint density at radius 2 is 2.06 bits per heavy atom. The van der Waals surface area contributed by atoms with Crippen molar-refractivity contribution in [2.24, 2.45) is 0 Å². The van der Waals surface area contributed by atoms with Crippen LogP contribution in [0, 0.1) is 0 Å². The Morgan fingerprint density at radius 3 is 2.59 bits per heavy atom. The van der Waals surface area contributed by atoms with Gasteiger partial charge in [-0.1, -0.05) is 20.8 Å². The van der Waals surface area contributed by atoms with Gasteiger partial charge in [-0.2, -0.15) is 0 Å². The first-order valence-corrected chi connectivity index (χ1v) is 6.60. The Bertz CT molecular complexity index is 422. The van der Waals surface area contributed by atoms with Crippen LogP contribution in [0.4, 0.5) is 5.82 Å². The van der Waals surface area contributed by atoms with E-state index in [0.29, 0.717) is 12.4 Å². The van der Waals surface area contributed by atoms with Crippen molar-refractivity contribution >= 4 is 21.7 Å². The molecule has 0 bridgehead atoms. The minimum Gasteiger partial charge on any atom is -0.383 e. The average molecular weight is 300 g/mol. The van der Waals surface area contributed by atoms with E-state index in [0.717, 1.165) is 29.0 Å². The Hall–Kier alpha value is -0.680. The Balaban J connectivity index is 2.45. The summed E-state index contributed by atoms with van der Waals surface area (Å²) in [6.45, 7) is 7.84. The van der Waals surface area contributed by atoms with Crippen molar-refractivity contribution in [3.8, 4) is 0 Å². The van der Waals surface area contributed by atoms with Gasteiger partial charge in [-0.05, 0) is 22.4 Å². The zero-order chi connectivity index (χ0) is 12.6. The van der Waals surface area contributed by atoms with Crippen molar-refractivity contribution in [1.29, 1.82) is 0 Å². The van der Waals surface area contributed by atoms with Crippen molar-refractivity contribution in [3.05, 3.63) is 16.0 Å². The molecule has 2 heterocycles. The summed E-state index contributed by atoms with van der Waals surface area (Å²) < 4.78 is 6.19. The molecule has 0 aromatic carbocycles. The molecule has 4 nitrogen and oxygen atoms in total.